The van der Waals surface area contributed by atoms with Crippen molar-refractivity contribution in [1.82, 2.24) is 19.1 Å². The second-order valence-corrected chi connectivity index (χ2v) is 7.06. The Labute approximate surface area is 157 Å². The lowest BCUT2D eigenvalue weighted by molar-refractivity contribution is 0.154. The minimum Gasteiger partial charge on any atom is -0.391 e. The molecule has 1 aliphatic heterocycles. The molecule has 1 atom stereocenters. The van der Waals surface area contributed by atoms with Crippen LogP contribution in [0.4, 0.5) is 11.8 Å². The van der Waals surface area contributed by atoms with Crippen LogP contribution in [0.3, 0.4) is 0 Å². The zero-order chi connectivity index (χ0) is 19.0. The molecule has 27 heavy (non-hydrogen) atoms. The Bertz CT molecular complexity index is 1020. The van der Waals surface area contributed by atoms with Crippen molar-refractivity contribution in [2.75, 3.05) is 23.3 Å². The first-order valence-corrected chi connectivity index (χ1v) is 9.17. The van der Waals surface area contributed by atoms with Gasteiger partial charge in [0.1, 0.15) is 5.82 Å². The van der Waals surface area contributed by atoms with Crippen LogP contribution < -0.4 is 15.9 Å². The lowest BCUT2D eigenvalue weighted by Gasteiger charge is -2.31. The molecule has 3 aromatic rings. The summed E-state index contributed by atoms with van der Waals surface area (Å²) in [6, 6.07) is 7.84. The smallest absolute Gasteiger partial charge is 0.328 e. The van der Waals surface area contributed by atoms with Gasteiger partial charge in [-0.25, -0.2) is 9.78 Å². The number of nitrogens with zero attached hydrogens (tertiary/aromatic N) is 5. The minimum absolute atomic E-state index is 0.0325. The van der Waals surface area contributed by atoms with E-state index < -0.39 is 0 Å². The summed E-state index contributed by atoms with van der Waals surface area (Å²) in [5.41, 5.74) is 2.83. The summed E-state index contributed by atoms with van der Waals surface area (Å²) in [6.45, 7) is 2.06. The van der Waals surface area contributed by atoms with E-state index in [1.54, 1.807) is 29.4 Å². The third-order valence-corrected chi connectivity index (χ3v) is 5.15. The number of aliphatic hydroxyl groups excluding tert-OH is 1. The molecule has 8 heteroatoms. The molecule has 0 saturated carbocycles. The third-order valence-electron chi connectivity index (χ3n) is 5.15. The normalized spacial score (nSPS) is 17.4. The number of aryl methyl sites for hydroxylation is 2. The molecule has 0 unspecified atom stereocenters. The van der Waals surface area contributed by atoms with Gasteiger partial charge < -0.3 is 15.3 Å². The molecule has 0 spiro atoms. The van der Waals surface area contributed by atoms with Crippen LogP contribution in [-0.4, -0.2) is 43.4 Å². The number of hydrogen-bond donors (Lipinski definition) is 2. The zero-order valence-electron chi connectivity index (χ0n) is 15.6. The fourth-order valence-corrected chi connectivity index (χ4v) is 3.62. The average molecular weight is 368 g/mol. The van der Waals surface area contributed by atoms with E-state index in [1.807, 2.05) is 24.3 Å². The van der Waals surface area contributed by atoms with Crippen molar-refractivity contribution in [3.8, 4) is 0 Å². The van der Waals surface area contributed by atoms with Crippen molar-refractivity contribution >= 4 is 22.8 Å². The summed E-state index contributed by atoms with van der Waals surface area (Å²) in [7, 11) is 3.56. The second-order valence-electron chi connectivity index (χ2n) is 7.06. The van der Waals surface area contributed by atoms with Crippen LogP contribution in [0.15, 0.2) is 35.3 Å². The molecule has 142 valence electrons. The molecule has 0 amide bonds. The first-order chi connectivity index (χ1) is 13.0. The van der Waals surface area contributed by atoms with Gasteiger partial charge in [0, 0.05) is 39.9 Å². The van der Waals surface area contributed by atoms with Crippen LogP contribution >= 0.6 is 0 Å². The summed E-state index contributed by atoms with van der Waals surface area (Å²) < 4.78 is 3.30. The maximum Gasteiger partial charge on any atom is 0.328 e. The lowest BCUT2D eigenvalue weighted by atomic mass is 10.1. The van der Waals surface area contributed by atoms with Crippen molar-refractivity contribution in [2.24, 2.45) is 14.1 Å². The lowest BCUT2D eigenvalue weighted by Crippen LogP contribution is -2.38. The molecule has 2 N–H and O–H groups in total. The first kappa shape index (κ1) is 17.5. The number of aromatic nitrogens is 4. The molecule has 0 aliphatic carbocycles. The number of anilines is 2. The Balaban J connectivity index is 1.50. The molecule has 4 rings (SSSR count). The van der Waals surface area contributed by atoms with E-state index in [0.29, 0.717) is 19.0 Å². The van der Waals surface area contributed by atoms with Crippen LogP contribution in [0, 0.1) is 0 Å². The summed E-state index contributed by atoms with van der Waals surface area (Å²) in [5, 5.41) is 13.1. The molecular formula is C19H24N6O2. The quantitative estimate of drug-likeness (QED) is 0.720. The molecule has 1 aromatic carbocycles. The predicted molar refractivity (Wildman–Crippen MR) is 105 cm³/mol. The van der Waals surface area contributed by atoms with Crippen molar-refractivity contribution in [2.45, 2.75) is 25.5 Å². The van der Waals surface area contributed by atoms with Gasteiger partial charge in [-0.15, -0.1) is 0 Å². The van der Waals surface area contributed by atoms with Gasteiger partial charge in [0.05, 0.1) is 17.1 Å². The SMILES string of the molecule is Cn1c(=O)n(C)c2cc(CNc3nccc(N4CCC[C@@H](O)C4)n3)ccc21. The molecule has 1 fully saturated rings. The average Bonchev–Trinajstić information content (AvgIpc) is 2.90. The Morgan fingerprint density at radius 1 is 1.22 bits per heavy atom. The molecule has 2 aromatic heterocycles. The molecule has 0 radical (unpaired) electrons. The van der Waals surface area contributed by atoms with Gasteiger partial charge in [-0.3, -0.25) is 9.13 Å². The summed E-state index contributed by atoms with van der Waals surface area (Å²) in [5.74, 6) is 1.38. The van der Waals surface area contributed by atoms with E-state index in [-0.39, 0.29) is 11.8 Å². The van der Waals surface area contributed by atoms with Crippen molar-refractivity contribution in [3.05, 3.63) is 46.5 Å². The maximum atomic E-state index is 12.1. The molecular weight excluding hydrogens is 344 g/mol. The number of benzene rings is 1. The Morgan fingerprint density at radius 3 is 2.85 bits per heavy atom. The third kappa shape index (κ3) is 3.40. The van der Waals surface area contributed by atoms with Gasteiger partial charge in [0.2, 0.25) is 5.95 Å². The Kier molecular flexibility index (Phi) is 4.57. The van der Waals surface area contributed by atoms with Crippen LogP contribution in [0.5, 0.6) is 0 Å². The van der Waals surface area contributed by atoms with Crippen LogP contribution in [-0.2, 0) is 20.6 Å². The fourth-order valence-electron chi connectivity index (χ4n) is 3.62. The second kappa shape index (κ2) is 7.03. The predicted octanol–water partition coefficient (Wildman–Crippen LogP) is 1.24. The van der Waals surface area contributed by atoms with Gasteiger partial charge in [-0.1, -0.05) is 6.07 Å². The van der Waals surface area contributed by atoms with Gasteiger partial charge in [-0.2, -0.15) is 4.98 Å². The van der Waals surface area contributed by atoms with Gasteiger partial charge in [0.25, 0.3) is 0 Å². The van der Waals surface area contributed by atoms with E-state index in [0.717, 1.165) is 41.8 Å². The van der Waals surface area contributed by atoms with E-state index in [1.165, 1.54) is 0 Å². The standard InChI is InChI=1S/C19H24N6O2/c1-23-15-6-5-13(10-16(15)24(2)19(23)27)11-21-18-20-8-7-17(22-18)25-9-3-4-14(26)12-25/h5-8,10,14,26H,3-4,9,11-12H2,1-2H3,(H,20,21,22)/t14-/m1/s1. The first-order valence-electron chi connectivity index (χ1n) is 9.17. The number of β-amino-alcohol motifs (C(OH)–C–C–N with tert-alkyl or cyclic N) is 1. The highest BCUT2D eigenvalue weighted by atomic mass is 16.3. The molecule has 1 saturated heterocycles. The number of fused-ring (bicyclic) bond motifs is 1. The highest BCUT2D eigenvalue weighted by Gasteiger charge is 2.19. The number of aliphatic hydroxyl groups is 1. The van der Waals surface area contributed by atoms with Gasteiger partial charge >= 0.3 is 5.69 Å². The number of piperidine rings is 1. The van der Waals surface area contributed by atoms with Crippen molar-refractivity contribution < 1.29 is 5.11 Å². The number of imidazole rings is 1. The number of hydrogen-bond acceptors (Lipinski definition) is 6. The van der Waals surface area contributed by atoms with Gasteiger partial charge in [0.15, 0.2) is 0 Å². The Morgan fingerprint density at radius 2 is 2.04 bits per heavy atom. The van der Waals surface area contributed by atoms with E-state index in [2.05, 4.69) is 20.2 Å². The topological polar surface area (TPSA) is 88.2 Å². The van der Waals surface area contributed by atoms with Crippen LogP contribution in [0.1, 0.15) is 18.4 Å². The van der Waals surface area contributed by atoms with Crippen LogP contribution in [0.25, 0.3) is 11.0 Å². The monoisotopic (exact) mass is 368 g/mol. The van der Waals surface area contributed by atoms with Crippen molar-refractivity contribution in [3.63, 3.8) is 0 Å². The summed E-state index contributed by atoms with van der Waals surface area (Å²) >= 11 is 0. The molecule has 3 heterocycles. The number of rotatable bonds is 4. The number of nitrogens with one attached hydrogen (secondary N) is 1. The minimum atomic E-state index is -0.297. The van der Waals surface area contributed by atoms with E-state index in [9.17, 15) is 9.90 Å². The fraction of sp³-hybridized carbons (Fsp3) is 0.421. The zero-order valence-corrected chi connectivity index (χ0v) is 15.6. The van der Waals surface area contributed by atoms with E-state index in [4.69, 9.17) is 0 Å². The maximum absolute atomic E-state index is 12.1. The molecule has 1 aliphatic rings. The van der Waals surface area contributed by atoms with Crippen molar-refractivity contribution in [1.29, 1.82) is 0 Å². The Hall–Kier alpha value is -2.87. The molecule has 0 bridgehead atoms. The highest BCUT2D eigenvalue weighted by Crippen LogP contribution is 2.19. The summed E-state index contributed by atoms with van der Waals surface area (Å²) in [6.07, 6.45) is 3.24. The van der Waals surface area contributed by atoms with Gasteiger partial charge in [-0.05, 0) is 36.6 Å². The summed E-state index contributed by atoms with van der Waals surface area (Å²) in [4.78, 5) is 23.0. The van der Waals surface area contributed by atoms with E-state index >= 15 is 0 Å². The van der Waals surface area contributed by atoms with Crippen LogP contribution in [0.2, 0.25) is 0 Å². The highest BCUT2D eigenvalue weighted by molar-refractivity contribution is 5.76. The molecule has 8 nitrogen and oxygen atoms in total. The largest absolute Gasteiger partial charge is 0.391 e.